The average molecular weight is 423 g/mol. The molecule has 3 rings (SSSR count). The second-order valence-corrected chi connectivity index (χ2v) is 8.19. The van der Waals surface area contributed by atoms with E-state index in [0.29, 0.717) is 18.2 Å². The molecule has 6 nitrogen and oxygen atoms in total. The number of quaternary nitrogens is 1. The summed E-state index contributed by atoms with van der Waals surface area (Å²) < 4.78 is 5.47. The number of benzene rings is 1. The number of halogens is 1. The van der Waals surface area contributed by atoms with E-state index in [1.54, 1.807) is 17.4 Å². The van der Waals surface area contributed by atoms with Crippen molar-refractivity contribution in [1.82, 2.24) is 10.6 Å². The van der Waals surface area contributed by atoms with Crippen LogP contribution in [0.2, 0.25) is 5.02 Å². The Morgan fingerprint density at radius 2 is 1.93 bits per heavy atom. The number of hydrogen-bond acceptors (Lipinski definition) is 4. The first-order valence-electron chi connectivity index (χ1n) is 9.34. The van der Waals surface area contributed by atoms with Crippen molar-refractivity contribution in [3.05, 3.63) is 57.2 Å². The summed E-state index contributed by atoms with van der Waals surface area (Å²) in [7, 11) is 0. The third-order valence-corrected chi connectivity index (χ3v) is 6.21. The van der Waals surface area contributed by atoms with Crippen molar-refractivity contribution < 1.29 is 19.2 Å². The number of nitrogens with one attached hydrogen (secondary N) is 3. The third-order valence-electron chi connectivity index (χ3n) is 4.89. The maximum absolute atomic E-state index is 12.4. The molecule has 1 aromatic carbocycles. The molecule has 0 radical (unpaired) electrons. The van der Waals surface area contributed by atoms with E-state index in [0.717, 1.165) is 18.7 Å². The summed E-state index contributed by atoms with van der Waals surface area (Å²) in [5.74, 6) is -1.29. The van der Waals surface area contributed by atoms with Crippen LogP contribution in [0, 0.1) is 0 Å². The Bertz CT molecular complexity index is 794. The molecule has 1 aliphatic heterocycles. The lowest BCUT2D eigenvalue weighted by molar-refractivity contribution is -0.939. The number of rotatable bonds is 6. The van der Waals surface area contributed by atoms with E-state index < -0.39 is 11.8 Å². The summed E-state index contributed by atoms with van der Waals surface area (Å²) in [6.45, 7) is 5.32. The van der Waals surface area contributed by atoms with Crippen molar-refractivity contribution in [2.75, 3.05) is 26.3 Å². The zero-order valence-electron chi connectivity index (χ0n) is 15.7. The first-order chi connectivity index (χ1) is 13.6. The van der Waals surface area contributed by atoms with Gasteiger partial charge in [-0.05, 0) is 30.0 Å². The maximum atomic E-state index is 12.4. The molecule has 0 saturated carbocycles. The Hall–Kier alpha value is -1.93. The smallest absolute Gasteiger partial charge is 0.309 e. The van der Waals surface area contributed by atoms with Crippen molar-refractivity contribution >= 4 is 34.8 Å². The summed E-state index contributed by atoms with van der Waals surface area (Å²) in [6.07, 6.45) is 0. The molecule has 1 aromatic heterocycles. The van der Waals surface area contributed by atoms with Crippen molar-refractivity contribution in [3.8, 4) is 0 Å². The molecule has 0 aliphatic carbocycles. The minimum absolute atomic E-state index is 0.0872. The van der Waals surface area contributed by atoms with Crippen LogP contribution < -0.4 is 15.5 Å². The molecule has 0 unspecified atom stereocenters. The SMILES string of the molecule is C[C@@H](NC(=O)C(=O)NCc1ccccc1Cl)[C@@H](c1cccs1)[NH+]1CCOCC1. The lowest BCUT2D eigenvalue weighted by atomic mass is 10.1. The van der Waals surface area contributed by atoms with Crippen LogP contribution in [0.15, 0.2) is 41.8 Å². The first-order valence-corrected chi connectivity index (χ1v) is 10.6. The van der Waals surface area contributed by atoms with Gasteiger partial charge < -0.3 is 20.3 Å². The van der Waals surface area contributed by atoms with E-state index in [4.69, 9.17) is 16.3 Å². The normalized spacial score (nSPS) is 16.9. The molecule has 150 valence electrons. The van der Waals surface area contributed by atoms with Crippen LogP contribution in [0.4, 0.5) is 0 Å². The molecule has 28 heavy (non-hydrogen) atoms. The van der Waals surface area contributed by atoms with Crippen LogP contribution in [0.5, 0.6) is 0 Å². The Balaban J connectivity index is 1.60. The van der Waals surface area contributed by atoms with Crippen LogP contribution in [0.3, 0.4) is 0 Å². The Morgan fingerprint density at radius 1 is 1.18 bits per heavy atom. The molecule has 1 fully saturated rings. The molecule has 2 aromatic rings. The molecular weight excluding hydrogens is 398 g/mol. The first kappa shape index (κ1) is 20.8. The number of hydrogen-bond donors (Lipinski definition) is 3. The summed E-state index contributed by atoms with van der Waals surface area (Å²) in [6, 6.07) is 11.2. The Morgan fingerprint density at radius 3 is 2.61 bits per heavy atom. The standard InChI is InChI=1S/C20H24ClN3O3S/c1-14(18(17-7-4-12-28-17)24-8-10-27-11-9-24)23-20(26)19(25)22-13-15-5-2-3-6-16(15)21/h2-7,12,14,18H,8-11,13H2,1H3,(H,22,25)(H,23,26)/p+1/t14-,18+/m1/s1. The molecule has 3 N–H and O–H groups in total. The second kappa shape index (κ2) is 10.0. The van der Waals surface area contributed by atoms with Gasteiger partial charge in [-0.3, -0.25) is 9.59 Å². The van der Waals surface area contributed by atoms with Gasteiger partial charge >= 0.3 is 11.8 Å². The maximum Gasteiger partial charge on any atom is 0.309 e. The van der Waals surface area contributed by atoms with Gasteiger partial charge in [0.2, 0.25) is 0 Å². The van der Waals surface area contributed by atoms with Gasteiger partial charge in [-0.1, -0.05) is 35.9 Å². The molecule has 1 saturated heterocycles. The highest BCUT2D eigenvalue weighted by atomic mass is 35.5. The number of morpholine rings is 1. The monoisotopic (exact) mass is 422 g/mol. The van der Waals surface area contributed by atoms with Crippen LogP contribution in [0.25, 0.3) is 0 Å². The molecule has 8 heteroatoms. The quantitative estimate of drug-likeness (QED) is 0.612. The van der Waals surface area contributed by atoms with Gasteiger partial charge in [0.15, 0.2) is 0 Å². The van der Waals surface area contributed by atoms with Crippen LogP contribution >= 0.6 is 22.9 Å². The average Bonchev–Trinajstić information content (AvgIpc) is 3.22. The van der Waals surface area contributed by atoms with Gasteiger partial charge in [0.1, 0.15) is 19.1 Å². The number of carbonyl (C=O) groups is 2. The van der Waals surface area contributed by atoms with Gasteiger partial charge in [-0.25, -0.2) is 0 Å². The number of thiophene rings is 1. The lowest BCUT2D eigenvalue weighted by Crippen LogP contribution is -3.15. The second-order valence-electron chi connectivity index (χ2n) is 6.80. The largest absolute Gasteiger partial charge is 0.370 e. The molecule has 0 bridgehead atoms. The molecular formula is C20H25ClN3O3S+. The summed E-state index contributed by atoms with van der Waals surface area (Å²) in [4.78, 5) is 27.2. The minimum atomic E-state index is -0.659. The van der Waals surface area contributed by atoms with Crippen molar-refractivity contribution in [1.29, 1.82) is 0 Å². The molecule has 0 spiro atoms. The third kappa shape index (κ3) is 5.32. The summed E-state index contributed by atoms with van der Waals surface area (Å²) in [5, 5.41) is 8.11. The highest BCUT2D eigenvalue weighted by Crippen LogP contribution is 2.20. The fourth-order valence-corrected chi connectivity index (χ4v) is 4.66. The van der Waals surface area contributed by atoms with Gasteiger partial charge in [-0.2, -0.15) is 0 Å². The number of amides is 2. The van der Waals surface area contributed by atoms with Crippen molar-refractivity contribution in [2.45, 2.75) is 25.6 Å². The highest BCUT2D eigenvalue weighted by Gasteiger charge is 2.33. The van der Waals surface area contributed by atoms with Crippen LogP contribution in [-0.2, 0) is 20.9 Å². The van der Waals surface area contributed by atoms with E-state index in [9.17, 15) is 9.59 Å². The summed E-state index contributed by atoms with van der Waals surface area (Å²) >= 11 is 7.76. The predicted molar refractivity (Wildman–Crippen MR) is 109 cm³/mol. The molecule has 1 aliphatic rings. The Kier molecular flexibility index (Phi) is 7.44. The predicted octanol–water partition coefficient (Wildman–Crippen LogP) is 1.18. The van der Waals surface area contributed by atoms with Gasteiger partial charge in [0.05, 0.1) is 24.1 Å². The van der Waals surface area contributed by atoms with E-state index in [1.807, 2.05) is 36.6 Å². The van der Waals surface area contributed by atoms with Gasteiger partial charge in [-0.15, -0.1) is 11.3 Å². The Labute approximate surface area is 173 Å². The minimum Gasteiger partial charge on any atom is -0.370 e. The van der Waals surface area contributed by atoms with Crippen LogP contribution in [0.1, 0.15) is 23.4 Å². The molecule has 2 atom stereocenters. The lowest BCUT2D eigenvalue weighted by Gasteiger charge is -2.34. The number of ether oxygens (including phenoxy) is 1. The fourth-order valence-electron chi connectivity index (χ4n) is 3.47. The fraction of sp³-hybridized carbons (Fsp3) is 0.400. The van der Waals surface area contributed by atoms with E-state index in [1.165, 1.54) is 9.78 Å². The van der Waals surface area contributed by atoms with Crippen LogP contribution in [-0.4, -0.2) is 44.2 Å². The van der Waals surface area contributed by atoms with Gasteiger partial charge in [0, 0.05) is 11.6 Å². The zero-order chi connectivity index (χ0) is 19.9. The van der Waals surface area contributed by atoms with Crippen molar-refractivity contribution in [2.24, 2.45) is 0 Å². The molecule has 2 amide bonds. The topological polar surface area (TPSA) is 71.9 Å². The molecule has 2 heterocycles. The van der Waals surface area contributed by atoms with Gasteiger partial charge in [0.25, 0.3) is 0 Å². The van der Waals surface area contributed by atoms with E-state index in [2.05, 4.69) is 16.7 Å². The highest BCUT2D eigenvalue weighted by molar-refractivity contribution is 7.10. The van der Waals surface area contributed by atoms with E-state index in [-0.39, 0.29) is 18.6 Å². The number of carbonyl (C=O) groups excluding carboxylic acids is 2. The zero-order valence-corrected chi connectivity index (χ0v) is 17.3. The van der Waals surface area contributed by atoms with Crippen molar-refractivity contribution in [3.63, 3.8) is 0 Å². The summed E-state index contributed by atoms with van der Waals surface area (Å²) in [5.41, 5.74) is 0.771. The van der Waals surface area contributed by atoms with E-state index >= 15 is 0 Å².